The lowest BCUT2D eigenvalue weighted by molar-refractivity contribution is -0.139. The van der Waals surface area contributed by atoms with Crippen molar-refractivity contribution < 1.29 is 19.4 Å². The minimum atomic E-state index is -1.07. The number of nitrogens with two attached hydrogens (primary N) is 1. The summed E-state index contributed by atoms with van der Waals surface area (Å²) >= 11 is 0. The third-order valence-corrected chi connectivity index (χ3v) is 4.37. The molecular formula is C22H28N2O4. The Hall–Kier alpha value is -2.86. The summed E-state index contributed by atoms with van der Waals surface area (Å²) < 4.78 is 5.70. The van der Waals surface area contributed by atoms with Crippen LogP contribution in [0.15, 0.2) is 54.6 Å². The summed E-state index contributed by atoms with van der Waals surface area (Å²) in [5.74, 6) is -0.715. The summed E-state index contributed by atoms with van der Waals surface area (Å²) in [5.41, 5.74) is 6.72. The van der Waals surface area contributed by atoms with Crippen LogP contribution in [-0.4, -0.2) is 36.2 Å². The fourth-order valence-corrected chi connectivity index (χ4v) is 2.78. The van der Waals surface area contributed by atoms with E-state index in [4.69, 9.17) is 10.5 Å². The van der Waals surface area contributed by atoms with Crippen LogP contribution in [0.1, 0.15) is 41.6 Å². The van der Waals surface area contributed by atoms with Gasteiger partial charge in [-0.15, -0.1) is 0 Å². The van der Waals surface area contributed by atoms with Crippen LogP contribution in [0.3, 0.4) is 0 Å². The first-order chi connectivity index (χ1) is 13.6. The molecule has 1 unspecified atom stereocenters. The van der Waals surface area contributed by atoms with Gasteiger partial charge in [-0.2, -0.15) is 0 Å². The van der Waals surface area contributed by atoms with E-state index in [0.717, 1.165) is 43.5 Å². The first-order valence-corrected chi connectivity index (χ1v) is 9.60. The number of amides is 1. The first kappa shape index (κ1) is 21.4. The number of carbonyl (C=O) groups is 2. The summed E-state index contributed by atoms with van der Waals surface area (Å²) in [5, 5.41) is 12.0. The Bertz CT molecular complexity index is 732. The number of aliphatic carboxylic acids is 1. The molecule has 0 aliphatic carbocycles. The Morgan fingerprint density at radius 1 is 0.964 bits per heavy atom. The summed E-state index contributed by atoms with van der Waals surface area (Å²) in [6.45, 7) is 1.38. The lowest BCUT2D eigenvalue weighted by Crippen LogP contribution is -2.42. The number of hydrogen-bond donors (Lipinski definition) is 3. The smallest absolute Gasteiger partial charge is 0.326 e. The summed E-state index contributed by atoms with van der Waals surface area (Å²) in [7, 11) is 0. The van der Waals surface area contributed by atoms with E-state index in [1.807, 2.05) is 24.3 Å². The number of nitrogens with one attached hydrogen (secondary N) is 1. The fourth-order valence-electron chi connectivity index (χ4n) is 2.78. The van der Waals surface area contributed by atoms with Crippen molar-refractivity contribution in [3.8, 4) is 5.75 Å². The van der Waals surface area contributed by atoms with E-state index >= 15 is 0 Å². The monoisotopic (exact) mass is 384 g/mol. The molecule has 4 N–H and O–H groups in total. The molecule has 0 bridgehead atoms. The molecule has 150 valence electrons. The Labute approximate surface area is 165 Å². The average molecular weight is 384 g/mol. The molecule has 2 rings (SSSR count). The maximum Gasteiger partial charge on any atom is 0.326 e. The van der Waals surface area contributed by atoms with Crippen molar-refractivity contribution in [2.45, 2.75) is 38.1 Å². The molecule has 0 aliphatic rings. The van der Waals surface area contributed by atoms with Gasteiger partial charge in [0.1, 0.15) is 11.8 Å². The lowest BCUT2D eigenvalue weighted by atomic mass is 10.1. The van der Waals surface area contributed by atoms with Crippen LogP contribution in [0, 0.1) is 0 Å². The van der Waals surface area contributed by atoms with Crippen LogP contribution in [-0.2, 0) is 11.2 Å². The molecule has 0 saturated heterocycles. The molecule has 0 heterocycles. The van der Waals surface area contributed by atoms with E-state index in [2.05, 4.69) is 5.32 Å². The van der Waals surface area contributed by atoms with Crippen molar-refractivity contribution in [3.05, 3.63) is 65.7 Å². The Balaban J connectivity index is 1.84. The molecule has 0 saturated carbocycles. The molecule has 2 aromatic carbocycles. The second-order valence-electron chi connectivity index (χ2n) is 6.63. The van der Waals surface area contributed by atoms with Crippen LogP contribution in [0.4, 0.5) is 0 Å². The molecule has 0 spiro atoms. The molecule has 6 nitrogen and oxygen atoms in total. The maximum atomic E-state index is 12.2. The van der Waals surface area contributed by atoms with Gasteiger partial charge in [0, 0.05) is 12.0 Å². The zero-order chi connectivity index (χ0) is 20.2. The fraction of sp³-hybridized carbons (Fsp3) is 0.364. The number of benzene rings is 2. The Kier molecular flexibility index (Phi) is 9.01. The number of carboxylic acid groups (broad SMARTS) is 1. The van der Waals surface area contributed by atoms with E-state index in [1.54, 1.807) is 30.3 Å². The normalized spacial score (nSPS) is 11.6. The molecule has 28 heavy (non-hydrogen) atoms. The first-order valence-electron chi connectivity index (χ1n) is 9.60. The molecule has 1 amide bonds. The van der Waals surface area contributed by atoms with Gasteiger partial charge in [0.15, 0.2) is 0 Å². The minimum Gasteiger partial charge on any atom is -0.494 e. The number of ether oxygens (including phenoxy) is 1. The van der Waals surface area contributed by atoms with Gasteiger partial charge in [-0.25, -0.2) is 4.79 Å². The van der Waals surface area contributed by atoms with Gasteiger partial charge in [-0.1, -0.05) is 43.2 Å². The van der Waals surface area contributed by atoms with Gasteiger partial charge in [-0.05, 0) is 49.2 Å². The molecular weight excluding hydrogens is 356 g/mol. The molecule has 0 aliphatic heterocycles. The second kappa shape index (κ2) is 11.8. The highest BCUT2D eigenvalue weighted by atomic mass is 16.5. The van der Waals surface area contributed by atoms with E-state index in [1.165, 1.54) is 0 Å². The van der Waals surface area contributed by atoms with Crippen LogP contribution in [0.25, 0.3) is 0 Å². The van der Waals surface area contributed by atoms with Gasteiger partial charge in [0.2, 0.25) is 0 Å². The molecule has 1 atom stereocenters. The standard InChI is InChI=1S/C22H28N2O4/c23-14-6-1-2-7-15-28-19-12-10-17(11-13-19)16-20(22(26)27)24-21(25)18-8-4-3-5-9-18/h3-5,8-13,20H,1-2,6-7,14-16,23H2,(H,24,25)(H,26,27). The topological polar surface area (TPSA) is 102 Å². The maximum absolute atomic E-state index is 12.2. The predicted octanol–water partition coefficient (Wildman–Crippen LogP) is 3.01. The van der Waals surface area contributed by atoms with Gasteiger partial charge in [-0.3, -0.25) is 4.79 Å². The Morgan fingerprint density at radius 3 is 2.29 bits per heavy atom. The number of hydrogen-bond acceptors (Lipinski definition) is 4. The van der Waals surface area contributed by atoms with Gasteiger partial charge in [0.25, 0.3) is 5.91 Å². The largest absolute Gasteiger partial charge is 0.494 e. The number of unbranched alkanes of at least 4 members (excludes halogenated alkanes) is 3. The van der Waals surface area contributed by atoms with Crippen molar-refractivity contribution in [2.75, 3.05) is 13.2 Å². The zero-order valence-corrected chi connectivity index (χ0v) is 16.0. The van der Waals surface area contributed by atoms with Gasteiger partial charge < -0.3 is 20.9 Å². The zero-order valence-electron chi connectivity index (χ0n) is 16.0. The number of carboxylic acids is 1. The highest BCUT2D eigenvalue weighted by Crippen LogP contribution is 2.15. The van der Waals surface area contributed by atoms with Crippen molar-refractivity contribution >= 4 is 11.9 Å². The van der Waals surface area contributed by atoms with Crippen LogP contribution < -0.4 is 15.8 Å². The molecule has 6 heteroatoms. The minimum absolute atomic E-state index is 0.202. The summed E-state index contributed by atoms with van der Waals surface area (Å²) in [6.07, 6.45) is 4.43. The van der Waals surface area contributed by atoms with Crippen LogP contribution >= 0.6 is 0 Å². The molecule has 2 aromatic rings. The van der Waals surface area contributed by atoms with Crippen LogP contribution in [0.2, 0.25) is 0 Å². The average Bonchev–Trinajstić information content (AvgIpc) is 2.71. The predicted molar refractivity (Wildman–Crippen MR) is 108 cm³/mol. The third kappa shape index (κ3) is 7.40. The van der Waals surface area contributed by atoms with E-state index < -0.39 is 17.9 Å². The quantitative estimate of drug-likeness (QED) is 0.488. The highest BCUT2D eigenvalue weighted by molar-refractivity contribution is 5.96. The van der Waals surface area contributed by atoms with Gasteiger partial charge in [0.05, 0.1) is 6.61 Å². The van der Waals surface area contributed by atoms with Crippen molar-refractivity contribution in [1.29, 1.82) is 0 Å². The summed E-state index contributed by atoms with van der Waals surface area (Å²) in [6, 6.07) is 14.9. The van der Waals surface area contributed by atoms with E-state index in [-0.39, 0.29) is 6.42 Å². The molecule has 0 radical (unpaired) electrons. The summed E-state index contributed by atoms with van der Waals surface area (Å²) in [4.78, 5) is 23.8. The van der Waals surface area contributed by atoms with E-state index in [9.17, 15) is 14.7 Å². The third-order valence-electron chi connectivity index (χ3n) is 4.37. The van der Waals surface area contributed by atoms with Crippen LogP contribution in [0.5, 0.6) is 5.75 Å². The van der Waals surface area contributed by atoms with E-state index in [0.29, 0.717) is 12.2 Å². The van der Waals surface area contributed by atoms with Gasteiger partial charge >= 0.3 is 5.97 Å². The highest BCUT2D eigenvalue weighted by Gasteiger charge is 2.21. The lowest BCUT2D eigenvalue weighted by Gasteiger charge is -2.15. The second-order valence-corrected chi connectivity index (χ2v) is 6.63. The molecule has 0 aromatic heterocycles. The van der Waals surface area contributed by atoms with Crippen molar-refractivity contribution in [1.82, 2.24) is 5.32 Å². The van der Waals surface area contributed by atoms with Crippen molar-refractivity contribution in [3.63, 3.8) is 0 Å². The number of rotatable bonds is 12. The van der Waals surface area contributed by atoms with Crippen molar-refractivity contribution in [2.24, 2.45) is 5.73 Å². The molecule has 0 fully saturated rings. The Morgan fingerprint density at radius 2 is 1.64 bits per heavy atom. The SMILES string of the molecule is NCCCCCCOc1ccc(CC(NC(=O)c2ccccc2)C(=O)O)cc1. The number of carbonyl (C=O) groups excluding carboxylic acids is 1.